The molecule has 0 saturated heterocycles. The molecule has 0 spiro atoms. The molecule has 1 aliphatic rings. The van der Waals surface area contributed by atoms with Crippen LogP contribution in [0.4, 0.5) is 8.78 Å². The highest BCUT2D eigenvalue weighted by atomic mass is 35.5. The van der Waals surface area contributed by atoms with Crippen LogP contribution >= 0.6 is 12.4 Å². The summed E-state index contributed by atoms with van der Waals surface area (Å²) in [4.78, 5) is 2.18. The summed E-state index contributed by atoms with van der Waals surface area (Å²) in [6, 6.07) is 21.0. The number of nitrogens with zero attached hydrogens (tertiary/aromatic N) is 1. The number of methoxy groups -OCH3 is 1. The lowest BCUT2D eigenvalue weighted by atomic mass is 9.70. The minimum atomic E-state index is -0.553. The molecule has 1 saturated carbocycles. The third-order valence-electron chi connectivity index (χ3n) is 7.00. The van der Waals surface area contributed by atoms with Crippen LogP contribution in [0.3, 0.4) is 0 Å². The highest BCUT2D eigenvalue weighted by molar-refractivity contribution is 5.85. The number of rotatable bonds is 10. The zero-order chi connectivity index (χ0) is 25.5. The predicted molar refractivity (Wildman–Crippen MR) is 144 cm³/mol. The lowest BCUT2D eigenvalue weighted by molar-refractivity contribution is -0.156. The van der Waals surface area contributed by atoms with Gasteiger partial charge in [-0.1, -0.05) is 36.4 Å². The third-order valence-corrected chi connectivity index (χ3v) is 7.00. The molecule has 0 N–H and O–H groups in total. The molecule has 0 heterocycles. The molecule has 1 fully saturated rings. The molecule has 3 atom stereocenters. The lowest BCUT2D eigenvalue weighted by Crippen LogP contribution is -2.48. The second-order valence-electron chi connectivity index (χ2n) is 9.83. The summed E-state index contributed by atoms with van der Waals surface area (Å²) in [7, 11) is 5.81. The van der Waals surface area contributed by atoms with Crippen molar-refractivity contribution in [3.8, 4) is 5.75 Å². The zero-order valence-electron chi connectivity index (χ0n) is 21.7. The van der Waals surface area contributed by atoms with E-state index in [9.17, 15) is 8.78 Å². The summed E-state index contributed by atoms with van der Waals surface area (Å²) in [5.74, 6) is 0.428. The molecule has 4 nitrogen and oxygen atoms in total. The average Bonchev–Trinajstić information content (AvgIpc) is 2.88. The quantitative estimate of drug-likeness (QED) is 0.289. The van der Waals surface area contributed by atoms with Gasteiger partial charge in [0.1, 0.15) is 17.4 Å². The summed E-state index contributed by atoms with van der Waals surface area (Å²) < 4.78 is 45.4. The Morgan fingerprint density at radius 1 is 0.892 bits per heavy atom. The van der Waals surface area contributed by atoms with Gasteiger partial charge < -0.3 is 19.1 Å². The van der Waals surface area contributed by atoms with Crippen LogP contribution in [-0.4, -0.2) is 38.8 Å². The van der Waals surface area contributed by atoms with Crippen molar-refractivity contribution in [2.45, 2.75) is 44.2 Å². The molecule has 0 amide bonds. The molecule has 7 heteroatoms. The van der Waals surface area contributed by atoms with Crippen molar-refractivity contribution < 1.29 is 23.0 Å². The van der Waals surface area contributed by atoms with Crippen LogP contribution in [0, 0.1) is 17.6 Å². The Balaban J connectivity index is 0.00000380. The maximum atomic E-state index is 13.5. The molecule has 3 aromatic carbocycles. The molecule has 0 bridgehead atoms. The molecule has 3 aromatic rings. The molecular formula is C30H36ClF2NO3. The first-order valence-corrected chi connectivity index (χ1v) is 12.4. The summed E-state index contributed by atoms with van der Waals surface area (Å²) in [5, 5.41) is 0. The van der Waals surface area contributed by atoms with E-state index in [1.165, 1.54) is 24.3 Å². The molecule has 200 valence electrons. The van der Waals surface area contributed by atoms with Gasteiger partial charge in [-0.2, -0.15) is 0 Å². The van der Waals surface area contributed by atoms with Crippen molar-refractivity contribution >= 4 is 12.4 Å². The third kappa shape index (κ3) is 7.51. The van der Waals surface area contributed by atoms with Crippen molar-refractivity contribution in [2.24, 2.45) is 5.92 Å². The molecular weight excluding hydrogens is 496 g/mol. The predicted octanol–water partition coefficient (Wildman–Crippen LogP) is 6.75. The highest BCUT2D eigenvalue weighted by Crippen LogP contribution is 2.47. The van der Waals surface area contributed by atoms with Gasteiger partial charge in [0.2, 0.25) is 0 Å². The van der Waals surface area contributed by atoms with Crippen LogP contribution < -0.4 is 4.74 Å². The largest absolute Gasteiger partial charge is 0.497 e. The SMILES string of the molecule is COc1cccc(C2(OCc3ccc(F)cc3)CCC(OCc3ccc(F)cc3)CC2CN(C)C)c1.Cl. The number of benzene rings is 3. The van der Waals surface area contributed by atoms with Crippen molar-refractivity contribution in [3.63, 3.8) is 0 Å². The number of hydrogen-bond acceptors (Lipinski definition) is 4. The summed E-state index contributed by atoms with van der Waals surface area (Å²) in [6.45, 7) is 1.64. The lowest BCUT2D eigenvalue weighted by Gasteiger charge is -2.47. The standard InChI is InChI=1S/C30H35F2NO3.ClH/c1-33(2)19-25-18-29(35-20-22-7-11-26(31)12-8-22)15-16-30(25,24-5-4-6-28(17-24)34-3)36-21-23-9-13-27(32)14-10-23;/h4-14,17,25,29H,15-16,18-21H2,1-3H3;1H. The average molecular weight is 532 g/mol. The molecule has 0 aliphatic heterocycles. The molecule has 1 aliphatic carbocycles. The number of ether oxygens (including phenoxy) is 3. The summed E-state index contributed by atoms with van der Waals surface area (Å²) in [6.07, 6.45) is 2.48. The summed E-state index contributed by atoms with van der Waals surface area (Å²) >= 11 is 0. The van der Waals surface area contributed by atoms with Crippen LogP contribution in [0.1, 0.15) is 36.0 Å². The Morgan fingerprint density at radius 3 is 2.11 bits per heavy atom. The Hall–Kier alpha value is -2.51. The maximum absolute atomic E-state index is 13.5. The van der Waals surface area contributed by atoms with Crippen LogP contribution in [0.5, 0.6) is 5.75 Å². The second-order valence-corrected chi connectivity index (χ2v) is 9.83. The minimum absolute atomic E-state index is 0. The van der Waals surface area contributed by atoms with Gasteiger partial charge in [0.05, 0.1) is 32.0 Å². The van der Waals surface area contributed by atoms with E-state index in [1.807, 2.05) is 12.1 Å². The van der Waals surface area contributed by atoms with Gasteiger partial charge >= 0.3 is 0 Å². The molecule has 37 heavy (non-hydrogen) atoms. The summed E-state index contributed by atoms with van der Waals surface area (Å²) in [5.41, 5.74) is 2.41. The first kappa shape index (κ1) is 29.1. The van der Waals surface area contributed by atoms with Crippen LogP contribution in [0.2, 0.25) is 0 Å². The second kappa shape index (κ2) is 13.3. The van der Waals surface area contributed by atoms with E-state index in [4.69, 9.17) is 14.2 Å². The fourth-order valence-electron chi connectivity index (χ4n) is 5.15. The smallest absolute Gasteiger partial charge is 0.123 e. The van der Waals surface area contributed by atoms with E-state index >= 15 is 0 Å². The van der Waals surface area contributed by atoms with E-state index < -0.39 is 5.60 Å². The Labute approximate surface area is 225 Å². The molecule has 0 radical (unpaired) electrons. The Morgan fingerprint density at radius 2 is 1.51 bits per heavy atom. The number of halogens is 3. The van der Waals surface area contributed by atoms with E-state index in [1.54, 1.807) is 31.4 Å². The van der Waals surface area contributed by atoms with Crippen molar-refractivity contribution in [2.75, 3.05) is 27.7 Å². The van der Waals surface area contributed by atoms with Gasteiger partial charge in [0.15, 0.2) is 0 Å². The fourth-order valence-corrected chi connectivity index (χ4v) is 5.15. The number of hydrogen-bond donors (Lipinski definition) is 0. The minimum Gasteiger partial charge on any atom is -0.497 e. The zero-order valence-corrected chi connectivity index (χ0v) is 22.5. The van der Waals surface area contributed by atoms with E-state index in [2.05, 4.69) is 31.1 Å². The van der Waals surface area contributed by atoms with Gasteiger partial charge in [-0.15, -0.1) is 12.4 Å². The monoisotopic (exact) mass is 531 g/mol. The molecule has 0 aromatic heterocycles. The van der Waals surface area contributed by atoms with Crippen molar-refractivity contribution in [1.29, 1.82) is 0 Å². The van der Waals surface area contributed by atoms with E-state index in [0.29, 0.717) is 13.2 Å². The van der Waals surface area contributed by atoms with E-state index in [0.717, 1.165) is 48.2 Å². The van der Waals surface area contributed by atoms with Crippen molar-refractivity contribution in [3.05, 3.63) is 101 Å². The van der Waals surface area contributed by atoms with Crippen molar-refractivity contribution in [1.82, 2.24) is 4.90 Å². The van der Waals surface area contributed by atoms with E-state index in [-0.39, 0.29) is 36.1 Å². The van der Waals surface area contributed by atoms with Crippen LogP contribution in [0.15, 0.2) is 72.8 Å². The van der Waals surface area contributed by atoms with Gasteiger partial charge in [0.25, 0.3) is 0 Å². The highest BCUT2D eigenvalue weighted by Gasteiger charge is 2.46. The first-order valence-electron chi connectivity index (χ1n) is 12.4. The normalized spacial score (nSPS) is 21.5. The fraction of sp³-hybridized carbons (Fsp3) is 0.400. The first-order chi connectivity index (χ1) is 17.4. The molecule has 3 unspecified atom stereocenters. The maximum Gasteiger partial charge on any atom is 0.123 e. The van der Waals surface area contributed by atoms with Crippen LogP contribution in [-0.2, 0) is 28.3 Å². The molecule has 4 rings (SSSR count). The Bertz CT molecular complexity index is 1110. The topological polar surface area (TPSA) is 30.9 Å². The van der Waals surface area contributed by atoms with Gasteiger partial charge in [-0.25, -0.2) is 8.78 Å². The van der Waals surface area contributed by atoms with Crippen LogP contribution in [0.25, 0.3) is 0 Å². The van der Waals surface area contributed by atoms with Gasteiger partial charge in [0, 0.05) is 12.5 Å². The van der Waals surface area contributed by atoms with Gasteiger partial charge in [-0.05, 0) is 86.4 Å². The van der Waals surface area contributed by atoms with Gasteiger partial charge in [-0.3, -0.25) is 0 Å². The Kier molecular flexibility index (Phi) is 10.5.